The van der Waals surface area contributed by atoms with Gasteiger partial charge in [-0.2, -0.15) is 5.10 Å². The Morgan fingerprint density at radius 1 is 1.07 bits per heavy atom. The van der Waals surface area contributed by atoms with Crippen LogP contribution >= 0.6 is 0 Å². The first-order valence-corrected chi connectivity index (χ1v) is 9.61. The molecule has 0 atom stereocenters. The minimum Gasteiger partial charge on any atom is -0.493 e. The van der Waals surface area contributed by atoms with Crippen molar-refractivity contribution in [2.75, 3.05) is 13.2 Å². The van der Waals surface area contributed by atoms with Crippen LogP contribution in [0, 0.1) is 0 Å². The molecule has 1 aromatic heterocycles. The van der Waals surface area contributed by atoms with Crippen molar-refractivity contribution in [3.05, 3.63) is 82.2 Å². The molecule has 0 saturated heterocycles. The number of ether oxygens (including phenoxy) is 1. The van der Waals surface area contributed by atoms with Gasteiger partial charge in [0.05, 0.1) is 12.3 Å². The molecule has 0 saturated carbocycles. The number of nitrogens with one attached hydrogen (secondary N) is 1. The van der Waals surface area contributed by atoms with Gasteiger partial charge in [-0.05, 0) is 28.8 Å². The first kappa shape index (κ1) is 16.3. The molecule has 2 aliphatic rings. The van der Waals surface area contributed by atoms with Crippen LogP contribution in [-0.2, 0) is 25.9 Å². The van der Waals surface area contributed by atoms with Crippen molar-refractivity contribution < 1.29 is 4.74 Å². The third kappa shape index (κ3) is 3.40. The van der Waals surface area contributed by atoms with Gasteiger partial charge in [-0.25, -0.2) is 0 Å². The third-order valence-electron chi connectivity index (χ3n) is 5.44. The fraction of sp³-hybridized carbons (Fsp3) is 0.261. The van der Waals surface area contributed by atoms with Crippen LogP contribution in [0.2, 0.25) is 0 Å². The Hall–Kier alpha value is -2.85. The highest BCUT2D eigenvalue weighted by Gasteiger charge is 2.21. The summed E-state index contributed by atoms with van der Waals surface area (Å²) in [4.78, 5) is 2.51. The molecule has 4 nitrogen and oxygen atoms in total. The van der Waals surface area contributed by atoms with Crippen molar-refractivity contribution in [1.29, 1.82) is 0 Å². The summed E-state index contributed by atoms with van der Waals surface area (Å²) in [5.41, 5.74) is 7.58. The summed E-state index contributed by atoms with van der Waals surface area (Å²) in [6.45, 7) is 3.79. The first-order valence-electron chi connectivity index (χ1n) is 9.61. The van der Waals surface area contributed by atoms with Crippen LogP contribution in [0.15, 0.2) is 48.5 Å². The molecule has 0 aliphatic carbocycles. The molecule has 1 N–H and O–H groups in total. The van der Waals surface area contributed by atoms with E-state index in [-0.39, 0.29) is 0 Å². The van der Waals surface area contributed by atoms with E-state index in [2.05, 4.69) is 69.7 Å². The van der Waals surface area contributed by atoms with E-state index in [1.807, 2.05) is 6.07 Å². The maximum absolute atomic E-state index is 5.62. The van der Waals surface area contributed by atoms with E-state index in [1.165, 1.54) is 27.9 Å². The van der Waals surface area contributed by atoms with Gasteiger partial charge in [-0.3, -0.25) is 10.00 Å². The number of rotatable bonds is 4. The van der Waals surface area contributed by atoms with E-state index < -0.39 is 0 Å². The van der Waals surface area contributed by atoms with Crippen molar-refractivity contribution in [3.8, 4) is 5.75 Å². The summed E-state index contributed by atoms with van der Waals surface area (Å²) in [5.74, 6) is 1.06. The molecule has 0 spiro atoms. The summed E-state index contributed by atoms with van der Waals surface area (Å²) in [6, 6.07) is 17.0. The zero-order valence-electron chi connectivity index (χ0n) is 15.3. The quantitative estimate of drug-likeness (QED) is 0.765. The summed E-state index contributed by atoms with van der Waals surface area (Å²) in [7, 11) is 0. The Labute approximate surface area is 159 Å². The summed E-state index contributed by atoms with van der Waals surface area (Å²) in [5, 5.41) is 7.78. The lowest BCUT2D eigenvalue weighted by molar-refractivity contribution is 0.244. The Morgan fingerprint density at radius 3 is 2.93 bits per heavy atom. The highest BCUT2D eigenvalue weighted by Crippen LogP contribution is 2.28. The highest BCUT2D eigenvalue weighted by molar-refractivity contribution is 5.69. The molecule has 0 fully saturated rings. The van der Waals surface area contributed by atoms with Crippen LogP contribution in [0.3, 0.4) is 0 Å². The second-order valence-electron chi connectivity index (χ2n) is 7.31. The van der Waals surface area contributed by atoms with Gasteiger partial charge in [0.1, 0.15) is 5.75 Å². The van der Waals surface area contributed by atoms with Gasteiger partial charge in [0.15, 0.2) is 0 Å². The number of fused-ring (bicyclic) bond motifs is 2. The summed E-state index contributed by atoms with van der Waals surface area (Å²) >= 11 is 0. The van der Waals surface area contributed by atoms with E-state index in [1.54, 1.807) is 0 Å². The van der Waals surface area contributed by atoms with Gasteiger partial charge in [-0.1, -0.05) is 48.5 Å². The number of nitrogens with zero attached hydrogens (tertiary/aromatic N) is 2. The molecule has 0 bridgehead atoms. The number of hydrogen-bond acceptors (Lipinski definition) is 3. The van der Waals surface area contributed by atoms with Gasteiger partial charge in [0.2, 0.25) is 0 Å². The van der Waals surface area contributed by atoms with Crippen LogP contribution in [-0.4, -0.2) is 28.2 Å². The number of benzene rings is 2. The van der Waals surface area contributed by atoms with Gasteiger partial charge in [0, 0.05) is 43.7 Å². The Morgan fingerprint density at radius 2 is 2.00 bits per heavy atom. The van der Waals surface area contributed by atoms with E-state index in [4.69, 9.17) is 4.74 Å². The molecule has 2 aliphatic heterocycles. The predicted octanol–water partition coefficient (Wildman–Crippen LogP) is 4.07. The maximum atomic E-state index is 5.62. The fourth-order valence-electron chi connectivity index (χ4n) is 3.98. The Kier molecular flexibility index (Phi) is 4.26. The van der Waals surface area contributed by atoms with Crippen molar-refractivity contribution in [3.63, 3.8) is 0 Å². The van der Waals surface area contributed by atoms with E-state index in [0.29, 0.717) is 0 Å². The number of aromatic nitrogens is 2. The van der Waals surface area contributed by atoms with Gasteiger partial charge in [-0.15, -0.1) is 0 Å². The molecule has 5 rings (SSSR count). The first-order chi connectivity index (χ1) is 13.3. The van der Waals surface area contributed by atoms with Crippen LogP contribution in [0.25, 0.3) is 12.2 Å². The molecule has 136 valence electrons. The smallest absolute Gasteiger partial charge is 0.122 e. The molecule has 0 unspecified atom stereocenters. The normalized spacial score (nSPS) is 16.3. The standard InChI is InChI=1S/C23H23N3O/c1-2-4-17(5-3-1)6-8-21-20-16-26(12-10-22(20)25-24-21)15-18-7-9-23-19(14-18)11-13-27-23/h1-9,14H,10-13,15-16H2,(H,24,25). The molecule has 2 aromatic carbocycles. The minimum atomic E-state index is 0.817. The number of hydrogen-bond donors (Lipinski definition) is 1. The highest BCUT2D eigenvalue weighted by atomic mass is 16.5. The van der Waals surface area contributed by atoms with Crippen LogP contribution in [0.4, 0.5) is 0 Å². The summed E-state index contributed by atoms with van der Waals surface area (Å²) in [6.07, 6.45) is 6.32. The molecular formula is C23H23N3O. The molecule has 0 amide bonds. The van der Waals surface area contributed by atoms with Gasteiger partial charge < -0.3 is 4.74 Å². The van der Waals surface area contributed by atoms with Crippen molar-refractivity contribution in [2.24, 2.45) is 0 Å². The van der Waals surface area contributed by atoms with Gasteiger partial charge >= 0.3 is 0 Å². The average molecular weight is 357 g/mol. The van der Waals surface area contributed by atoms with E-state index in [9.17, 15) is 0 Å². The lowest BCUT2D eigenvalue weighted by Gasteiger charge is -2.27. The molecule has 0 radical (unpaired) electrons. The van der Waals surface area contributed by atoms with Crippen molar-refractivity contribution in [1.82, 2.24) is 15.1 Å². The van der Waals surface area contributed by atoms with Crippen molar-refractivity contribution >= 4 is 12.2 Å². The minimum absolute atomic E-state index is 0.817. The van der Waals surface area contributed by atoms with E-state index in [0.717, 1.165) is 50.5 Å². The zero-order chi connectivity index (χ0) is 18.1. The van der Waals surface area contributed by atoms with E-state index >= 15 is 0 Å². The molecular weight excluding hydrogens is 334 g/mol. The topological polar surface area (TPSA) is 41.2 Å². The third-order valence-corrected chi connectivity index (χ3v) is 5.44. The lowest BCUT2D eigenvalue weighted by Crippen LogP contribution is -2.30. The second-order valence-corrected chi connectivity index (χ2v) is 7.31. The average Bonchev–Trinajstić information content (AvgIpc) is 3.33. The molecule has 3 heterocycles. The number of aromatic amines is 1. The van der Waals surface area contributed by atoms with Crippen molar-refractivity contribution in [2.45, 2.75) is 25.9 Å². The lowest BCUT2D eigenvalue weighted by atomic mass is 10.0. The second kappa shape index (κ2) is 7.05. The van der Waals surface area contributed by atoms with Crippen LogP contribution in [0.1, 0.15) is 33.6 Å². The predicted molar refractivity (Wildman–Crippen MR) is 107 cm³/mol. The molecule has 27 heavy (non-hydrogen) atoms. The molecule has 3 aromatic rings. The Bertz CT molecular complexity index is 975. The monoisotopic (exact) mass is 357 g/mol. The van der Waals surface area contributed by atoms with Crippen LogP contribution in [0.5, 0.6) is 5.75 Å². The zero-order valence-corrected chi connectivity index (χ0v) is 15.3. The maximum Gasteiger partial charge on any atom is 0.122 e. The van der Waals surface area contributed by atoms with Crippen LogP contribution < -0.4 is 4.74 Å². The Balaban J connectivity index is 1.32. The SMILES string of the molecule is C(=Cc1n[nH]c2c1CN(Cc1ccc3c(c1)CCO3)CC2)c1ccccc1. The molecule has 4 heteroatoms. The largest absolute Gasteiger partial charge is 0.493 e. The fourth-order valence-corrected chi connectivity index (χ4v) is 3.98. The summed E-state index contributed by atoms with van der Waals surface area (Å²) < 4.78 is 5.62. The number of H-pyrrole nitrogens is 1. The van der Waals surface area contributed by atoms with Gasteiger partial charge in [0.25, 0.3) is 0 Å².